The molecule has 12 heavy (non-hydrogen) atoms. The van der Waals surface area contributed by atoms with Gasteiger partial charge in [0, 0.05) is 12.0 Å². The molecule has 0 atom stereocenters. The molecule has 0 bridgehead atoms. The molecule has 1 aromatic rings. The van der Waals surface area contributed by atoms with Gasteiger partial charge in [-0.3, -0.25) is 4.79 Å². The molecule has 2 nitrogen and oxygen atoms in total. The molecule has 1 aliphatic carbocycles. The molecule has 1 heterocycles. The van der Waals surface area contributed by atoms with Crippen molar-refractivity contribution in [2.24, 2.45) is 0 Å². The lowest BCUT2D eigenvalue weighted by atomic mass is 10.1. The lowest BCUT2D eigenvalue weighted by Gasteiger charge is -2.05. The van der Waals surface area contributed by atoms with Gasteiger partial charge < -0.3 is 4.42 Å². The fourth-order valence-electron chi connectivity index (χ4n) is 1.31. The van der Waals surface area contributed by atoms with Crippen molar-refractivity contribution in [2.45, 2.75) is 12.8 Å². The van der Waals surface area contributed by atoms with Crippen molar-refractivity contribution in [1.82, 2.24) is 0 Å². The molecular weight excluding hydrogens is 220 g/mol. The predicted molar refractivity (Wildman–Crippen MR) is 49.3 cm³/mol. The van der Waals surface area contributed by atoms with Crippen LogP contribution in [0.3, 0.4) is 0 Å². The third-order valence-electron chi connectivity index (χ3n) is 1.88. The highest BCUT2D eigenvalue weighted by Crippen LogP contribution is 2.28. The van der Waals surface area contributed by atoms with E-state index in [2.05, 4.69) is 15.9 Å². The Balaban J connectivity index is 2.48. The van der Waals surface area contributed by atoms with Crippen LogP contribution in [0.5, 0.6) is 0 Å². The van der Waals surface area contributed by atoms with Gasteiger partial charge in [0.1, 0.15) is 5.76 Å². The summed E-state index contributed by atoms with van der Waals surface area (Å²) >= 11 is 3.42. The second-order valence-corrected chi connectivity index (χ2v) is 3.75. The highest BCUT2D eigenvalue weighted by Gasteiger charge is 2.13. The van der Waals surface area contributed by atoms with Crippen LogP contribution in [-0.2, 0) is 6.42 Å². The van der Waals surface area contributed by atoms with E-state index in [1.54, 1.807) is 6.07 Å². The van der Waals surface area contributed by atoms with Crippen molar-refractivity contribution >= 4 is 28.3 Å². The summed E-state index contributed by atoms with van der Waals surface area (Å²) in [7, 11) is 0. The molecular formula is C9H7BrO2. The third kappa shape index (κ3) is 1.25. The monoisotopic (exact) mass is 226 g/mol. The minimum atomic E-state index is 0.415. The first kappa shape index (κ1) is 7.80. The minimum absolute atomic E-state index is 0.415. The Kier molecular flexibility index (Phi) is 1.89. The summed E-state index contributed by atoms with van der Waals surface area (Å²) in [5.41, 5.74) is 1.02. The first-order valence-electron chi connectivity index (χ1n) is 3.73. The Hall–Kier alpha value is -0.830. The number of hydrogen-bond acceptors (Lipinski definition) is 2. The van der Waals surface area contributed by atoms with Gasteiger partial charge in [-0.15, -0.1) is 0 Å². The number of carbonyl (C=O) groups is 1. The maximum Gasteiger partial charge on any atom is 0.185 e. The molecule has 1 aliphatic rings. The zero-order valence-corrected chi connectivity index (χ0v) is 7.93. The number of furan rings is 1. The standard InChI is InChI=1S/C9H7BrO2/c10-7-1-2-9-6(3-7)4-8(5-11)12-9/h3-5H,1-2H2. The lowest BCUT2D eigenvalue weighted by Crippen LogP contribution is -1.90. The van der Waals surface area contributed by atoms with E-state index >= 15 is 0 Å². The second kappa shape index (κ2) is 2.90. The van der Waals surface area contributed by atoms with Crippen LogP contribution in [0.4, 0.5) is 0 Å². The average molecular weight is 227 g/mol. The van der Waals surface area contributed by atoms with Crippen LogP contribution in [-0.4, -0.2) is 6.29 Å². The van der Waals surface area contributed by atoms with Gasteiger partial charge in [0.2, 0.25) is 0 Å². The molecule has 0 spiro atoms. The predicted octanol–water partition coefficient (Wildman–Crippen LogP) is 2.77. The van der Waals surface area contributed by atoms with Crippen LogP contribution < -0.4 is 0 Å². The maximum absolute atomic E-state index is 10.4. The fraction of sp³-hybridized carbons (Fsp3) is 0.222. The van der Waals surface area contributed by atoms with E-state index in [0.29, 0.717) is 5.76 Å². The van der Waals surface area contributed by atoms with Crippen LogP contribution in [0.25, 0.3) is 6.08 Å². The number of carbonyl (C=O) groups excluding carboxylic acids is 1. The molecule has 0 aromatic carbocycles. The molecule has 0 unspecified atom stereocenters. The van der Waals surface area contributed by atoms with E-state index in [4.69, 9.17) is 4.42 Å². The number of rotatable bonds is 1. The molecule has 0 amide bonds. The summed E-state index contributed by atoms with van der Waals surface area (Å²) in [6.45, 7) is 0. The minimum Gasteiger partial charge on any atom is -0.458 e. The summed E-state index contributed by atoms with van der Waals surface area (Å²) < 4.78 is 6.43. The second-order valence-electron chi connectivity index (χ2n) is 2.74. The smallest absolute Gasteiger partial charge is 0.185 e. The number of hydrogen-bond donors (Lipinski definition) is 0. The fourth-order valence-corrected chi connectivity index (χ4v) is 1.76. The van der Waals surface area contributed by atoms with Crippen LogP contribution in [0.2, 0.25) is 0 Å². The van der Waals surface area contributed by atoms with Gasteiger partial charge in [0.05, 0.1) is 0 Å². The molecule has 3 heteroatoms. The summed E-state index contributed by atoms with van der Waals surface area (Å²) in [6.07, 6.45) is 4.56. The number of aryl methyl sites for hydroxylation is 1. The highest BCUT2D eigenvalue weighted by molar-refractivity contribution is 9.11. The van der Waals surface area contributed by atoms with E-state index < -0.39 is 0 Å². The molecule has 0 N–H and O–H groups in total. The van der Waals surface area contributed by atoms with Gasteiger partial charge in [-0.25, -0.2) is 0 Å². The van der Waals surface area contributed by atoms with Crippen LogP contribution in [0.15, 0.2) is 15.0 Å². The van der Waals surface area contributed by atoms with Crippen molar-refractivity contribution in [3.63, 3.8) is 0 Å². The third-order valence-corrected chi connectivity index (χ3v) is 2.51. The molecule has 0 fully saturated rings. The zero-order valence-electron chi connectivity index (χ0n) is 6.34. The summed E-state index contributed by atoms with van der Waals surface area (Å²) in [5, 5.41) is 0. The quantitative estimate of drug-likeness (QED) is 0.690. The van der Waals surface area contributed by atoms with Gasteiger partial charge in [-0.1, -0.05) is 15.9 Å². The van der Waals surface area contributed by atoms with Gasteiger partial charge in [-0.05, 0) is 23.0 Å². The Morgan fingerprint density at radius 3 is 3.08 bits per heavy atom. The number of allylic oxidation sites excluding steroid dienone is 1. The van der Waals surface area contributed by atoms with E-state index in [1.165, 1.54) is 0 Å². The van der Waals surface area contributed by atoms with E-state index in [1.807, 2.05) is 6.08 Å². The molecule has 2 rings (SSSR count). The largest absolute Gasteiger partial charge is 0.458 e. The number of aldehydes is 1. The SMILES string of the molecule is O=Cc1cc2c(o1)CCC(Br)=C2. The van der Waals surface area contributed by atoms with Crippen molar-refractivity contribution in [3.05, 3.63) is 27.6 Å². The normalized spacial score (nSPS) is 15.2. The Labute approximate surface area is 78.4 Å². The number of halogens is 1. The number of fused-ring (bicyclic) bond motifs is 1. The molecule has 0 radical (unpaired) electrons. The summed E-state index contributed by atoms with van der Waals surface area (Å²) in [5.74, 6) is 1.33. The lowest BCUT2D eigenvalue weighted by molar-refractivity contribution is 0.109. The van der Waals surface area contributed by atoms with Gasteiger partial charge in [0.15, 0.2) is 12.0 Å². The van der Waals surface area contributed by atoms with E-state index in [0.717, 1.165) is 34.9 Å². The Morgan fingerprint density at radius 1 is 1.50 bits per heavy atom. The molecule has 62 valence electrons. The first-order valence-corrected chi connectivity index (χ1v) is 4.53. The Bertz CT molecular complexity index is 349. The highest BCUT2D eigenvalue weighted by atomic mass is 79.9. The van der Waals surface area contributed by atoms with Gasteiger partial charge in [-0.2, -0.15) is 0 Å². The van der Waals surface area contributed by atoms with E-state index in [-0.39, 0.29) is 0 Å². The van der Waals surface area contributed by atoms with Crippen LogP contribution in [0.1, 0.15) is 28.3 Å². The van der Waals surface area contributed by atoms with Crippen molar-refractivity contribution < 1.29 is 9.21 Å². The maximum atomic E-state index is 10.4. The first-order chi connectivity index (χ1) is 5.79. The van der Waals surface area contributed by atoms with Crippen molar-refractivity contribution in [1.29, 1.82) is 0 Å². The summed E-state index contributed by atoms with van der Waals surface area (Å²) in [6, 6.07) is 1.77. The van der Waals surface area contributed by atoms with E-state index in [9.17, 15) is 4.79 Å². The average Bonchev–Trinajstić information content (AvgIpc) is 2.46. The van der Waals surface area contributed by atoms with Gasteiger partial charge >= 0.3 is 0 Å². The van der Waals surface area contributed by atoms with Crippen LogP contribution in [0, 0.1) is 0 Å². The van der Waals surface area contributed by atoms with Crippen LogP contribution >= 0.6 is 15.9 Å². The van der Waals surface area contributed by atoms with Crippen molar-refractivity contribution in [2.75, 3.05) is 0 Å². The Morgan fingerprint density at radius 2 is 2.33 bits per heavy atom. The molecule has 0 saturated heterocycles. The topological polar surface area (TPSA) is 30.2 Å². The zero-order chi connectivity index (χ0) is 8.55. The molecule has 0 aliphatic heterocycles. The van der Waals surface area contributed by atoms with Crippen molar-refractivity contribution in [3.8, 4) is 0 Å². The molecule has 1 aromatic heterocycles. The van der Waals surface area contributed by atoms with Gasteiger partial charge in [0.25, 0.3) is 0 Å². The summed E-state index contributed by atoms with van der Waals surface area (Å²) in [4.78, 5) is 10.4. The molecule has 0 saturated carbocycles.